The smallest absolute Gasteiger partial charge is 0.335 e. The fourth-order valence-electron chi connectivity index (χ4n) is 3.14. The van der Waals surface area contributed by atoms with Crippen LogP contribution in [0.3, 0.4) is 0 Å². The Labute approximate surface area is 190 Å². The predicted octanol–water partition coefficient (Wildman–Crippen LogP) is 5.03. The van der Waals surface area contributed by atoms with Crippen molar-refractivity contribution < 1.29 is 9.90 Å². The molecule has 162 valence electrons. The number of carbonyl (C=O) groups is 1. The Bertz CT molecular complexity index is 1220. The summed E-state index contributed by atoms with van der Waals surface area (Å²) >= 11 is 1.58. The monoisotopic (exact) mass is 445 g/mol. The molecule has 4 rings (SSSR count). The summed E-state index contributed by atoms with van der Waals surface area (Å²) < 4.78 is 0. The van der Waals surface area contributed by atoms with Gasteiger partial charge in [0.2, 0.25) is 0 Å². The average Bonchev–Trinajstić information content (AvgIpc) is 3.28. The van der Waals surface area contributed by atoms with Gasteiger partial charge in [-0.15, -0.1) is 0 Å². The summed E-state index contributed by atoms with van der Waals surface area (Å²) in [4.78, 5) is 27.7. The molecule has 0 bridgehead atoms. The second-order valence-electron chi connectivity index (χ2n) is 7.43. The molecule has 0 fully saturated rings. The lowest BCUT2D eigenvalue weighted by molar-refractivity contribution is 0.0697. The van der Waals surface area contributed by atoms with Crippen molar-refractivity contribution in [3.63, 3.8) is 0 Å². The normalized spacial score (nSPS) is 10.7. The molecule has 0 aliphatic carbocycles. The number of thiazole rings is 1. The van der Waals surface area contributed by atoms with Gasteiger partial charge in [-0.2, -0.15) is 0 Å². The molecule has 0 saturated heterocycles. The van der Waals surface area contributed by atoms with E-state index in [-0.39, 0.29) is 0 Å². The van der Waals surface area contributed by atoms with E-state index in [4.69, 9.17) is 10.1 Å². The highest BCUT2D eigenvalue weighted by Crippen LogP contribution is 2.30. The summed E-state index contributed by atoms with van der Waals surface area (Å²) in [6.45, 7) is 2.80. The van der Waals surface area contributed by atoms with Crippen LogP contribution in [0.4, 0.5) is 16.8 Å². The zero-order valence-corrected chi connectivity index (χ0v) is 18.6. The van der Waals surface area contributed by atoms with Crippen LogP contribution in [0.25, 0.3) is 10.6 Å². The van der Waals surface area contributed by atoms with Crippen LogP contribution in [-0.2, 0) is 6.42 Å². The number of nitrogens with zero attached hydrogens (tertiary/aromatic N) is 4. The summed E-state index contributed by atoms with van der Waals surface area (Å²) in [5.74, 6) is 0.580. The van der Waals surface area contributed by atoms with Crippen molar-refractivity contribution in [2.45, 2.75) is 13.3 Å². The number of carboxylic acid groups (broad SMARTS) is 1. The molecule has 0 saturated carbocycles. The van der Waals surface area contributed by atoms with Gasteiger partial charge < -0.3 is 15.3 Å². The maximum atomic E-state index is 11.0. The fraction of sp³-hybridized carbons (Fsp3) is 0.167. The highest BCUT2D eigenvalue weighted by molar-refractivity contribution is 7.18. The third kappa shape index (κ3) is 5.28. The lowest BCUT2D eigenvalue weighted by Gasteiger charge is -2.15. The first kappa shape index (κ1) is 21.5. The van der Waals surface area contributed by atoms with E-state index in [0.29, 0.717) is 5.56 Å². The Kier molecular flexibility index (Phi) is 6.42. The SMILES string of the molecule is Cc1ccnc(Nc2cccc(-c3cnc(N(C)CCc4ccc(C(=O)O)cc4)s3)n2)c1. The molecule has 0 unspecified atom stereocenters. The molecular formula is C24H23N5O2S. The fourth-order valence-corrected chi connectivity index (χ4v) is 4.02. The van der Waals surface area contributed by atoms with Crippen molar-refractivity contribution in [2.24, 2.45) is 0 Å². The third-order valence-electron chi connectivity index (χ3n) is 4.93. The van der Waals surface area contributed by atoms with Gasteiger partial charge in [-0.3, -0.25) is 0 Å². The van der Waals surface area contributed by atoms with Gasteiger partial charge >= 0.3 is 5.97 Å². The summed E-state index contributed by atoms with van der Waals surface area (Å²) in [5.41, 5.74) is 3.37. The Morgan fingerprint density at radius 2 is 1.91 bits per heavy atom. The maximum Gasteiger partial charge on any atom is 0.335 e. The number of hydrogen-bond donors (Lipinski definition) is 2. The minimum atomic E-state index is -0.910. The van der Waals surface area contributed by atoms with Crippen molar-refractivity contribution in [2.75, 3.05) is 23.8 Å². The topological polar surface area (TPSA) is 91.2 Å². The third-order valence-corrected chi connectivity index (χ3v) is 6.06. The summed E-state index contributed by atoms with van der Waals surface area (Å²) in [7, 11) is 2.00. The molecule has 7 nitrogen and oxygen atoms in total. The minimum Gasteiger partial charge on any atom is -0.478 e. The molecule has 3 heterocycles. The van der Waals surface area contributed by atoms with E-state index in [9.17, 15) is 4.79 Å². The van der Waals surface area contributed by atoms with E-state index in [0.717, 1.165) is 51.4 Å². The Morgan fingerprint density at radius 3 is 2.66 bits per heavy atom. The molecule has 0 spiro atoms. The molecule has 3 aromatic heterocycles. The molecule has 0 aliphatic heterocycles. The van der Waals surface area contributed by atoms with Gasteiger partial charge in [0, 0.05) is 26.0 Å². The lowest BCUT2D eigenvalue weighted by Crippen LogP contribution is -2.19. The van der Waals surface area contributed by atoms with Crippen molar-refractivity contribution in [1.29, 1.82) is 0 Å². The number of aromatic carboxylic acids is 1. The number of likely N-dealkylation sites (N-methyl/N-ethyl adjacent to an activating group) is 1. The number of rotatable bonds is 8. The van der Waals surface area contributed by atoms with E-state index < -0.39 is 5.97 Å². The summed E-state index contributed by atoms with van der Waals surface area (Å²) in [5, 5.41) is 13.2. The second-order valence-corrected chi connectivity index (χ2v) is 8.44. The standard InChI is InChI=1S/C24H23N5O2S/c1-16-10-12-25-22(14-16)28-21-5-3-4-19(27-21)20-15-26-24(32-20)29(2)13-11-17-6-8-18(9-7-17)23(30)31/h3-10,12,14-15H,11,13H2,1-2H3,(H,30,31)(H,25,27,28). The molecule has 0 aliphatic rings. The molecular weight excluding hydrogens is 422 g/mol. The Balaban J connectivity index is 1.41. The number of anilines is 3. The number of aromatic nitrogens is 3. The molecule has 32 heavy (non-hydrogen) atoms. The van der Waals surface area contributed by atoms with Gasteiger partial charge in [-0.1, -0.05) is 29.5 Å². The van der Waals surface area contributed by atoms with Gasteiger partial charge in [0.25, 0.3) is 0 Å². The zero-order chi connectivity index (χ0) is 22.5. The quantitative estimate of drug-likeness (QED) is 0.393. The van der Waals surface area contributed by atoms with Gasteiger partial charge in [0.05, 0.1) is 16.1 Å². The first-order chi connectivity index (χ1) is 15.5. The maximum absolute atomic E-state index is 11.0. The lowest BCUT2D eigenvalue weighted by atomic mass is 10.1. The Hall–Kier alpha value is -3.78. The number of nitrogens with one attached hydrogen (secondary N) is 1. The first-order valence-corrected chi connectivity index (χ1v) is 11.0. The van der Waals surface area contributed by atoms with Crippen LogP contribution < -0.4 is 10.2 Å². The number of carboxylic acids is 1. The van der Waals surface area contributed by atoms with Gasteiger partial charge in [-0.05, 0) is 60.9 Å². The molecule has 4 aromatic rings. The Morgan fingerprint density at radius 1 is 1.09 bits per heavy atom. The summed E-state index contributed by atoms with van der Waals surface area (Å²) in [6.07, 6.45) is 4.41. The van der Waals surface area contributed by atoms with Crippen LogP contribution in [-0.4, -0.2) is 39.6 Å². The number of pyridine rings is 2. The van der Waals surface area contributed by atoms with Crippen molar-refractivity contribution in [3.05, 3.63) is 83.7 Å². The van der Waals surface area contributed by atoms with Crippen LogP contribution in [0.1, 0.15) is 21.5 Å². The van der Waals surface area contributed by atoms with Gasteiger partial charge in [-0.25, -0.2) is 19.7 Å². The molecule has 0 radical (unpaired) electrons. The largest absolute Gasteiger partial charge is 0.478 e. The van der Waals surface area contributed by atoms with Crippen molar-refractivity contribution >= 4 is 34.1 Å². The van der Waals surface area contributed by atoms with E-state index in [2.05, 4.69) is 20.2 Å². The molecule has 1 aromatic carbocycles. The highest BCUT2D eigenvalue weighted by atomic mass is 32.1. The molecule has 8 heteroatoms. The molecule has 2 N–H and O–H groups in total. The van der Waals surface area contributed by atoms with Crippen LogP contribution in [0.5, 0.6) is 0 Å². The number of aryl methyl sites for hydroxylation is 1. The van der Waals surface area contributed by atoms with E-state index in [1.807, 2.05) is 62.6 Å². The van der Waals surface area contributed by atoms with E-state index in [1.54, 1.807) is 29.7 Å². The number of hydrogen-bond acceptors (Lipinski definition) is 7. The highest BCUT2D eigenvalue weighted by Gasteiger charge is 2.11. The van der Waals surface area contributed by atoms with Gasteiger partial charge in [0.1, 0.15) is 11.6 Å². The van der Waals surface area contributed by atoms with Crippen LogP contribution in [0.15, 0.2) is 67.0 Å². The van der Waals surface area contributed by atoms with Crippen LogP contribution in [0.2, 0.25) is 0 Å². The van der Waals surface area contributed by atoms with E-state index in [1.165, 1.54) is 0 Å². The van der Waals surface area contributed by atoms with Crippen molar-refractivity contribution in [3.8, 4) is 10.6 Å². The minimum absolute atomic E-state index is 0.300. The first-order valence-electron chi connectivity index (χ1n) is 10.1. The predicted molar refractivity (Wildman–Crippen MR) is 128 cm³/mol. The van der Waals surface area contributed by atoms with Gasteiger partial charge in [0.15, 0.2) is 5.13 Å². The second kappa shape index (κ2) is 9.57. The van der Waals surface area contributed by atoms with E-state index >= 15 is 0 Å². The van der Waals surface area contributed by atoms with Crippen LogP contribution in [0, 0.1) is 6.92 Å². The number of benzene rings is 1. The molecule has 0 amide bonds. The zero-order valence-electron chi connectivity index (χ0n) is 17.8. The van der Waals surface area contributed by atoms with Crippen LogP contribution >= 0.6 is 11.3 Å². The average molecular weight is 446 g/mol. The molecule has 0 atom stereocenters. The summed E-state index contributed by atoms with van der Waals surface area (Å²) in [6, 6.07) is 16.8. The van der Waals surface area contributed by atoms with Crippen molar-refractivity contribution in [1.82, 2.24) is 15.0 Å².